The highest BCUT2D eigenvalue weighted by atomic mass is 35.5. The largest absolute Gasteiger partial charge is 0.417 e. The van der Waals surface area contributed by atoms with Crippen molar-refractivity contribution in [3.05, 3.63) is 28.5 Å². The summed E-state index contributed by atoms with van der Waals surface area (Å²) < 4.78 is 69.3. The van der Waals surface area contributed by atoms with E-state index in [1.54, 1.807) is 0 Å². The van der Waals surface area contributed by atoms with Crippen LogP contribution in [0.5, 0.6) is 0 Å². The first kappa shape index (κ1) is 17.6. The van der Waals surface area contributed by atoms with E-state index < -0.39 is 34.3 Å². The molecule has 0 radical (unpaired) electrons. The van der Waals surface area contributed by atoms with Gasteiger partial charge in [0, 0.05) is 19.9 Å². The van der Waals surface area contributed by atoms with Crippen molar-refractivity contribution in [2.24, 2.45) is 0 Å². The van der Waals surface area contributed by atoms with Crippen molar-refractivity contribution in [1.29, 1.82) is 0 Å². The molecule has 0 saturated heterocycles. The molecule has 1 amide bonds. The average molecular weight is 333 g/mol. The van der Waals surface area contributed by atoms with Crippen LogP contribution in [0.4, 0.5) is 22.0 Å². The van der Waals surface area contributed by atoms with Crippen LogP contribution in [0.3, 0.4) is 0 Å². The summed E-state index contributed by atoms with van der Waals surface area (Å²) in [6.45, 7) is -0.195. The van der Waals surface area contributed by atoms with Crippen molar-refractivity contribution in [3.63, 3.8) is 0 Å². The molecule has 0 atom stereocenters. The topological polar surface area (TPSA) is 51.2 Å². The number of methoxy groups -OCH3 is 1. The number of alkyl halides is 5. The summed E-state index contributed by atoms with van der Waals surface area (Å²) in [6.07, 6.45) is -4.58. The highest BCUT2D eigenvalue weighted by Crippen LogP contribution is 2.36. The average Bonchev–Trinajstić information content (AvgIpc) is 2.37. The summed E-state index contributed by atoms with van der Waals surface area (Å²) in [5.74, 6) is -5.89. The molecule has 1 N–H and O–H groups in total. The normalized spacial score (nSPS) is 12.3. The second-order valence-corrected chi connectivity index (χ2v) is 4.28. The van der Waals surface area contributed by atoms with Crippen LogP contribution in [0.25, 0.3) is 0 Å². The van der Waals surface area contributed by atoms with Gasteiger partial charge in [0.1, 0.15) is 5.69 Å². The summed E-state index contributed by atoms with van der Waals surface area (Å²) in [4.78, 5) is 14.3. The molecule has 0 spiro atoms. The molecule has 0 aliphatic heterocycles. The summed E-state index contributed by atoms with van der Waals surface area (Å²) in [6, 6.07) is 0.292. The van der Waals surface area contributed by atoms with E-state index in [0.29, 0.717) is 6.07 Å². The van der Waals surface area contributed by atoms with Gasteiger partial charge in [-0.15, -0.1) is 0 Å². The Morgan fingerprint density at radius 1 is 1.38 bits per heavy atom. The number of carbonyl (C=O) groups is 1. The van der Waals surface area contributed by atoms with Gasteiger partial charge in [-0.1, -0.05) is 11.6 Å². The van der Waals surface area contributed by atoms with Gasteiger partial charge < -0.3 is 10.1 Å². The Kier molecular flexibility index (Phi) is 5.46. The van der Waals surface area contributed by atoms with E-state index in [9.17, 15) is 26.7 Å². The fourth-order valence-electron chi connectivity index (χ4n) is 1.31. The highest BCUT2D eigenvalue weighted by molar-refractivity contribution is 6.31. The molecule has 1 heterocycles. The first-order valence-electron chi connectivity index (χ1n) is 5.49. The Morgan fingerprint density at radius 3 is 2.48 bits per heavy atom. The summed E-state index contributed by atoms with van der Waals surface area (Å²) >= 11 is 5.38. The summed E-state index contributed by atoms with van der Waals surface area (Å²) in [7, 11) is 1.30. The van der Waals surface area contributed by atoms with E-state index in [4.69, 9.17) is 11.6 Å². The lowest BCUT2D eigenvalue weighted by Crippen LogP contribution is -2.40. The number of amides is 1. The van der Waals surface area contributed by atoms with Gasteiger partial charge in [0.05, 0.1) is 17.2 Å². The molecule has 1 rings (SSSR count). The number of aromatic nitrogens is 1. The number of hydrogen-bond donors (Lipinski definition) is 1. The second-order valence-electron chi connectivity index (χ2n) is 3.88. The van der Waals surface area contributed by atoms with E-state index in [1.807, 2.05) is 5.32 Å². The number of nitrogens with one attached hydrogen (secondary N) is 1. The van der Waals surface area contributed by atoms with Crippen molar-refractivity contribution in [2.45, 2.75) is 12.1 Å². The molecule has 0 aromatic carbocycles. The van der Waals surface area contributed by atoms with E-state index in [0.717, 1.165) is 0 Å². The number of carbonyl (C=O) groups excluding carboxylic acids is 1. The minimum Gasteiger partial charge on any atom is -0.383 e. The van der Waals surface area contributed by atoms with E-state index in [1.165, 1.54) is 7.11 Å². The molecule has 1 aromatic heterocycles. The van der Waals surface area contributed by atoms with Crippen LogP contribution in [-0.4, -0.2) is 31.2 Å². The molecule has 0 aliphatic carbocycles. The first-order valence-corrected chi connectivity index (χ1v) is 5.86. The maximum absolute atomic E-state index is 13.8. The van der Waals surface area contributed by atoms with Crippen LogP contribution in [0.1, 0.15) is 11.3 Å². The fraction of sp³-hybridized carbons (Fsp3) is 0.455. The predicted molar refractivity (Wildman–Crippen MR) is 63.0 cm³/mol. The lowest BCUT2D eigenvalue weighted by Gasteiger charge is -2.17. The minimum atomic E-state index is -4.77. The quantitative estimate of drug-likeness (QED) is 0.666. The highest BCUT2D eigenvalue weighted by Gasteiger charge is 2.45. The van der Waals surface area contributed by atoms with Gasteiger partial charge in [0.25, 0.3) is 5.91 Å². The molecule has 4 nitrogen and oxygen atoms in total. The maximum Gasteiger partial charge on any atom is 0.417 e. The lowest BCUT2D eigenvalue weighted by molar-refractivity contribution is -0.147. The zero-order chi connectivity index (χ0) is 16.3. The van der Waals surface area contributed by atoms with Crippen molar-refractivity contribution in [3.8, 4) is 0 Å². The molecule has 0 aliphatic rings. The number of hydrogen-bond acceptors (Lipinski definition) is 3. The smallest absolute Gasteiger partial charge is 0.383 e. The van der Waals surface area contributed by atoms with E-state index in [-0.39, 0.29) is 19.3 Å². The van der Waals surface area contributed by atoms with Crippen LogP contribution in [0, 0.1) is 0 Å². The standard InChI is InChI=1S/C11H10ClF5N2O2/c1-21-3-2-18-9(20)10(13,14)8-7(12)4-6(5-19-8)11(15,16)17/h4-5H,2-3H2,1H3,(H,18,20). The van der Waals surface area contributed by atoms with Gasteiger partial charge in [0.2, 0.25) is 0 Å². The number of pyridine rings is 1. The molecule has 118 valence electrons. The Hall–Kier alpha value is -1.48. The third-order valence-electron chi connectivity index (χ3n) is 2.34. The van der Waals surface area contributed by atoms with Gasteiger partial charge in [-0.2, -0.15) is 22.0 Å². The van der Waals surface area contributed by atoms with Gasteiger partial charge in [0.15, 0.2) is 0 Å². The molecule has 0 fully saturated rings. The summed E-state index contributed by atoms with van der Waals surface area (Å²) in [5, 5.41) is 0.912. The minimum absolute atomic E-state index is 0.00398. The van der Waals surface area contributed by atoms with Gasteiger partial charge in [-0.3, -0.25) is 9.78 Å². The fourth-order valence-corrected chi connectivity index (χ4v) is 1.59. The van der Waals surface area contributed by atoms with Crippen LogP contribution < -0.4 is 5.32 Å². The Labute approximate surface area is 121 Å². The second kappa shape index (κ2) is 6.52. The predicted octanol–water partition coefficient (Wildman–Crippen LogP) is 2.61. The van der Waals surface area contributed by atoms with E-state index in [2.05, 4.69) is 9.72 Å². The molecule has 0 bridgehead atoms. The molecular formula is C11H10ClF5N2O2. The van der Waals surface area contributed by atoms with Crippen LogP contribution >= 0.6 is 11.6 Å². The van der Waals surface area contributed by atoms with Crippen molar-refractivity contribution >= 4 is 17.5 Å². The zero-order valence-corrected chi connectivity index (χ0v) is 11.4. The molecule has 21 heavy (non-hydrogen) atoms. The monoisotopic (exact) mass is 332 g/mol. The molecule has 1 aromatic rings. The van der Waals surface area contributed by atoms with Crippen LogP contribution in [0.15, 0.2) is 12.3 Å². The Balaban J connectivity index is 3.00. The first-order chi connectivity index (χ1) is 9.60. The third kappa shape index (κ3) is 4.24. The number of ether oxygens (including phenoxy) is 1. The van der Waals surface area contributed by atoms with Gasteiger partial charge >= 0.3 is 12.1 Å². The molecular weight excluding hydrogens is 323 g/mol. The number of halogens is 6. The van der Waals surface area contributed by atoms with Gasteiger partial charge in [-0.05, 0) is 6.07 Å². The Morgan fingerprint density at radius 2 is 2.00 bits per heavy atom. The molecule has 10 heteroatoms. The maximum atomic E-state index is 13.8. The molecule has 0 unspecified atom stereocenters. The van der Waals surface area contributed by atoms with Crippen molar-refractivity contribution in [1.82, 2.24) is 10.3 Å². The van der Waals surface area contributed by atoms with Crippen LogP contribution in [0.2, 0.25) is 5.02 Å². The van der Waals surface area contributed by atoms with E-state index >= 15 is 0 Å². The SMILES string of the molecule is COCCNC(=O)C(F)(F)c1ncc(C(F)(F)F)cc1Cl. The number of rotatable bonds is 5. The summed E-state index contributed by atoms with van der Waals surface area (Å²) in [5.41, 5.74) is -2.53. The van der Waals surface area contributed by atoms with Gasteiger partial charge in [-0.25, -0.2) is 0 Å². The van der Waals surface area contributed by atoms with Crippen molar-refractivity contribution < 1.29 is 31.5 Å². The van der Waals surface area contributed by atoms with Crippen LogP contribution in [-0.2, 0) is 21.6 Å². The molecule has 0 saturated carbocycles. The number of nitrogens with zero attached hydrogens (tertiary/aromatic N) is 1. The lowest BCUT2D eigenvalue weighted by atomic mass is 10.1. The third-order valence-corrected chi connectivity index (χ3v) is 2.63. The zero-order valence-electron chi connectivity index (χ0n) is 10.6. The Bertz CT molecular complexity index is 522. The van der Waals surface area contributed by atoms with Crippen molar-refractivity contribution in [2.75, 3.05) is 20.3 Å².